The Morgan fingerprint density at radius 1 is 0.694 bits per heavy atom. The van der Waals surface area contributed by atoms with E-state index in [2.05, 4.69) is 72.0 Å². The van der Waals surface area contributed by atoms with Gasteiger partial charge in [-0.1, -0.05) is 97.1 Å². The van der Waals surface area contributed by atoms with Crippen LogP contribution in [-0.4, -0.2) is 19.6 Å². The molecule has 36 heavy (non-hydrogen) atoms. The molecule has 1 atom stereocenters. The molecule has 1 N–H and O–H groups in total. The number of benzene rings is 4. The molecule has 0 spiro atoms. The van der Waals surface area contributed by atoms with Crippen LogP contribution in [0.15, 0.2) is 109 Å². The van der Waals surface area contributed by atoms with Gasteiger partial charge in [-0.3, -0.25) is 0 Å². The van der Waals surface area contributed by atoms with E-state index in [0.29, 0.717) is 25.3 Å². The fraction of sp³-hybridized carbons (Fsp3) is 0.219. The second-order valence-corrected chi connectivity index (χ2v) is 8.83. The Labute approximate surface area is 213 Å². The number of methoxy groups -OCH3 is 1. The minimum Gasteiger partial charge on any atom is -0.465 e. The van der Waals surface area contributed by atoms with E-state index in [1.807, 2.05) is 30.3 Å². The molecule has 0 heterocycles. The maximum atomic E-state index is 11.6. The second-order valence-electron chi connectivity index (χ2n) is 8.83. The second kappa shape index (κ2) is 13.4. The summed E-state index contributed by atoms with van der Waals surface area (Å²) in [4.78, 5) is 11.6. The molecule has 0 saturated carbocycles. The Kier molecular flexibility index (Phi) is 9.43. The van der Waals surface area contributed by atoms with Crippen LogP contribution < -0.4 is 5.32 Å². The van der Waals surface area contributed by atoms with E-state index < -0.39 is 0 Å². The molecule has 0 radical (unpaired) electrons. The first-order valence-corrected chi connectivity index (χ1v) is 12.4. The number of hydrogen-bond acceptors (Lipinski definition) is 4. The Hall–Kier alpha value is -3.73. The van der Waals surface area contributed by atoms with Crippen LogP contribution in [0, 0.1) is 0 Å². The Bertz CT molecular complexity index is 1190. The largest absolute Gasteiger partial charge is 0.465 e. The van der Waals surface area contributed by atoms with Gasteiger partial charge in [0.05, 0.1) is 25.4 Å². The zero-order valence-corrected chi connectivity index (χ0v) is 20.7. The predicted molar refractivity (Wildman–Crippen MR) is 144 cm³/mol. The van der Waals surface area contributed by atoms with E-state index in [1.165, 1.54) is 18.2 Å². The third kappa shape index (κ3) is 7.64. The van der Waals surface area contributed by atoms with E-state index >= 15 is 0 Å². The Morgan fingerprint density at radius 2 is 1.25 bits per heavy atom. The van der Waals surface area contributed by atoms with E-state index in [9.17, 15) is 4.79 Å². The van der Waals surface area contributed by atoms with Crippen LogP contribution in [0.4, 0.5) is 0 Å². The molecule has 4 nitrogen and oxygen atoms in total. The standard InChI is InChI=1S/C32H33NO3/c1-35-32(34)30-20-18-27(19-21-30)22-33-23-31(29-10-6-3-7-11-29)36-24-28-16-14-26(15-17-28)13-12-25-8-4-2-5-9-25/h2-11,14-21,31,33H,12-13,22-24H2,1H3/t31-/m1/s1. The topological polar surface area (TPSA) is 47.6 Å². The first-order valence-electron chi connectivity index (χ1n) is 12.4. The van der Waals surface area contributed by atoms with E-state index in [0.717, 1.165) is 29.5 Å². The van der Waals surface area contributed by atoms with Crippen molar-refractivity contribution in [2.45, 2.75) is 32.1 Å². The van der Waals surface area contributed by atoms with Crippen LogP contribution in [0.25, 0.3) is 0 Å². The van der Waals surface area contributed by atoms with Gasteiger partial charge in [-0.25, -0.2) is 4.79 Å². The highest BCUT2D eigenvalue weighted by Crippen LogP contribution is 2.19. The van der Waals surface area contributed by atoms with Crippen LogP contribution >= 0.6 is 0 Å². The average Bonchev–Trinajstić information content (AvgIpc) is 2.95. The molecule has 4 heteroatoms. The van der Waals surface area contributed by atoms with Crippen molar-refractivity contribution in [3.05, 3.63) is 143 Å². The molecule has 0 saturated heterocycles. The lowest BCUT2D eigenvalue weighted by Crippen LogP contribution is -2.23. The van der Waals surface area contributed by atoms with Crippen molar-refractivity contribution >= 4 is 5.97 Å². The summed E-state index contributed by atoms with van der Waals surface area (Å²) < 4.78 is 11.1. The molecule has 0 amide bonds. The SMILES string of the molecule is COC(=O)c1ccc(CNC[C@@H](OCc2ccc(CCc3ccccc3)cc2)c2ccccc2)cc1. The normalized spacial score (nSPS) is 11.7. The van der Waals surface area contributed by atoms with Gasteiger partial charge in [0.1, 0.15) is 0 Å². The van der Waals surface area contributed by atoms with Crippen molar-refractivity contribution in [3.63, 3.8) is 0 Å². The van der Waals surface area contributed by atoms with Crippen molar-refractivity contribution < 1.29 is 14.3 Å². The van der Waals surface area contributed by atoms with Crippen molar-refractivity contribution in [1.82, 2.24) is 5.32 Å². The molecule has 184 valence electrons. The monoisotopic (exact) mass is 479 g/mol. The summed E-state index contributed by atoms with van der Waals surface area (Å²) in [5.41, 5.74) is 6.66. The van der Waals surface area contributed by atoms with Crippen molar-refractivity contribution in [2.24, 2.45) is 0 Å². The number of nitrogens with one attached hydrogen (secondary N) is 1. The highest BCUT2D eigenvalue weighted by atomic mass is 16.5. The molecular weight excluding hydrogens is 446 g/mol. The number of carbonyl (C=O) groups is 1. The van der Waals surface area contributed by atoms with Gasteiger partial charge in [0.15, 0.2) is 0 Å². The van der Waals surface area contributed by atoms with Crippen LogP contribution in [0.5, 0.6) is 0 Å². The van der Waals surface area contributed by atoms with Crippen molar-refractivity contribution in [1.29, 1.82) is 0 Å². The summed E-state index contributed by atoms with van der Waals surface area (Å²) in [5.74, 6) is -0.323. The van der Waals surface area contributed by atoms with Gasteiger partial charge in [0, 0.05) is 13.1 Å². The molecule has 4 rings (SSSR count). The number of esters is 1. The maximum Gasteiger partial charge on any atom is 0.337 e. The van der Waals surface area contributed by atoms with Gasteiger partial charge in [0.2, 0.25) is 0 Å². The average molecular weight is 480 g/mol. The Balaban J connectivity index is 1.30. The molecule has 0 aliphatic carbocycles. The fourth-order valence-corrected chi connectivity index (χ4v) is 4.10. The summed E-state index contributed by atoms with van der Waals surface area (Å²) in [6, 6.07) is 37.1. The maximum absolute atomic E-state index is 11.6. The molecule has 4 aromatic rings. The zero-order valence-electron chi connectivity index (χ0n) is 20.7. The minimum atomic E-state index is -0.323. The molecule has 0 aliphatic rings. The summed E-state index contributed by atoms with van der Waals surface area (Å²) in [6.45, 7) is 1.91. The van der Waals surface area contributed by atoms with Crippen LogP contribution in [0.3, 0.4) is 0 Å². The third-order valence-corrected chi connectivity index (χ3v) is 6.22. The number of hydrogen-bond donors (Lipinski definition) is 1. The summed E-state index contributed by atoms with van der Waals surface area (Å²) in [6.07, 6.45) is 2.00. The summed E-state index contributed by atoms with van der Waals surface area (Å²) in [7, 11) is 1.39. The lowest BCUT2D eigenvalue weighted by Gasteiger charge is -2.19. The van der Waals surface area contributed by atoms with Gasteiger partial charge in [-0.2, -0.15) is 0 Å². The van der Waals surface area contributed by atoms with Gasteiger partial charge in [-0.05, 0) is 52.8 Å². The minimum absolute atomic E-state index is 0.0710. The lowest BCUT2D eigenvalue weighted by atomic mass is 10.0. The molecule has 0 aromatic heterocycles. The van der Waals surface area contributed by atoms with Crippen LogP contribution in [-0.2, 0) is 35.5 Å². The van der Waals surface area contributed by atoms with Gasteiger partial charge in [-0.15, -0.1) is 0 Å². The lowest BCUT2D eigenvalue weighted by molar-refractivity contribution is 0.0396. The first kappa shape index (κ1) is 25.4. The zero-order chi connectivity index (χ0) is 25.0. The van der Waals surface area contributed by atoms with Gasteiger partial charge < -0.3 is 14.8 Å². The van der Waals surface area contributed by atoms with Crippen LogP contribution in [0.2, 0.25) is 0 Å². The van der Waals surface area contributed by atoms with E-state index in [1.54, 1.807) is 12.1 Å². The summed E-state index contributed by atoms with van der Waals surface area (Å²) in [5, 5.41) is 3.50. The number of carbonyl (C=O) groups excluding carboxylic acids is 1. The molecule has 0 unspecified atom stereocenters. The number of aryl methyl sites for hydroxylation is 2. The molecular formula is C32H33NO3. The third-order valence-electron chi connectivity index (χ3n) is 6.22. The van der Waals surface area contributed by atoms with Gasteiger partial charge in [0.25, 0.3) is 0 Å². The quantitative estimate of drug-likeness (QED) is 0.242. The number of ether oxygens (including phenoxy) is 2. The highest BCUT2D eigenvalue weighted by molar-refractivity contribution is 5.89. The summed E-state index contributed by atoms with van der Waals surface area (Å²) >= 11 is 0. The predicted octanol–water partition coefficient (Wildman–Crippen LogP) is 6.31. The smallest absolute Gasteiger partial charge is 0.337 e. The molecule has 4 aromatic carbocycles. The van der Waals surface area contributed by atoms with Crippen molar-refractivity contribution in [2.75, 3.05) is 13.7 Å². The number of rotatable bonds is 12. The first-order chi connectivity index (χ1) is 17.7. The van der Waals surface area contributed by atoms with Crippen LogP contribution in [0.1, 0.15) is 44.3 Å². The van der Waals surface area contributed by atoms with E-state index in [4.69, 9.17) is 9.47 Å². The van der Waals surface area contributed by atoms with Gasteiger partial charge >= 0.3 is 5.97 Å². The van der Waals surface area contributed by atoms with E-state index in [-0.39, 0.29) is 12.1 Å². The molecule has 0 fully saturated rings. The van der Waals surface area contributed by atoms with Crippen molar-refractivity contribution in [3.8, 4) is 0 Å². The highest BCUT2D eigenvalue weighted by Gasteiger charge is 2.12. The molecule has 0 bridgehead atoms. The fourth-order valence-electron chi connectivity index (χ4n) is 4.10. The Morgan fingerprint density at radius 3 is 1.89 bits per heavy atom. The molecule has 0 aliphatic heterocycles.